The van der Waals surface area contributed by atoms with Crippen LogP contribution in [-0.4, -0.2) is 29.6 Å². The van der Waals surface area contributed by atoms with Crippen molar-refractivity contribution in [2.45, 2.75) is 51.9 Å². The molecular formula is C25H28ClN3O2. The van der Waals surface area contributed by atoms with Crippen LogP contribution < -0.4 is 5.32 Å². The standard InChI is InChI=1S/C25H27N3O2.ClH/c1-3-18-11-19(20-5-4-17(14-26)15-28-20)10-16(2)23(18)24-21(29)12-25(13-22(24)30)6-8-27-9-7-25;/h4-5,10-11,15,24,27H,3,6-9,12-13H2,1-2H3;1H. The topological polar surface area (TPSA) is 82.8 Å². The third kappa shape index (κ3) is 4.42. The highest BCUT2D eigenvalue weighted by atomic mass is 35.5. The van der Waals surface area contributed by atoms with Crippen molar-refractivity contribution in [1.29, 1.82) is 5.26 Å². The summed E-state index contributed by atoms with van der Waals surface area (Å²) in [4.78, 5) is 30.9. The Kier molecular flexibility index (Phi) is 6.93. The van der Waals surface area contributed by atoms with E-state index < -0.39 is 5.92 Å². The minimum atomic E-state index is -0.636. The molecule has 0 radical (unpaired) electrons. The Bertz CT molecular complexity index is 1010. The van der Waals surface area contributed by atoms with Gasteiger partial charge in [0.1, 0.15) is 23.6 Å². The molecule has 0 bridgehead atoms. The van der Waals surface area contributed by atoms with Crippen molar-refractivity contribution in [3.8, 4) is 17.3 Å². The predicted octanol–water partition coefficient (Wildman–Crippen LogP) is 4.30. The summed E-state index contributed by atoms with van der Waals surface area (Å²) in [6.45, 7) is 5.81. The average Bonchev–Trinajstić information content (AvgIpc) is 2.74. The average molecular weight is 438 g/mol. The van der Waals surface area contributed by atoms with Crippen molar-refractivity contribution < 1.29 is 9.59 Å². The number of aryl methyl sites for hydroxylation is 2. The Morgan fingerprint density at radius 2 is 1.84 bits per heavy atom. The second kappa shape index (κ2) is 9.30. The van der Waals surface area contributed by atoms with Gasteiger partial charge in [-0.3, -0.25) is 14.6 Å². The van der Waals surface area contributed by atoms with Gasteiger partial charge < -0.3 is 5.32 Å². The molecule has 6 heteroatoms. The first-order chi connectivity index (χ1) is 14.5. The number of benzene rings is 1. The maximum Gasteiger partial charge on any atom is 0.148 e. The summed E-state index contributed by atoms with van der Waals surface area (Å²) in [6, 6.07) is 9.74. The van der Waals surface area contributed by atoms with Crippen LogP contribution in [0.2, 0.25) is 0 Å². The Morgan fingerprint density at radius 3 is 2.39 bits per heavy atom. The fourth-order valence-corrected chi connectivity index (χ4v) is 5.17. The molecule has 4 rings (SSSR count). The molecule has 0 amide bonds. The number of pyridine rings is 1. The molecule has 162 valence electrons. The second-order valence-electron chi connectivity index (χ2n) is 8.73. The summed E-state index contributed by atoms with van der Waals surface area (Å²) in [6.07, 6.45) is 5.13. The molecule has 5 nitrogen and oxygen atoms in total. The van der Waals surface area contributed by atoms with Gasteiger partial charge >= 0.3 is 0 Å². The largest absolute Gasteiger partial charge is 0.317 e. The van der Waals surface area contributed by atoms with Gasteiger partial charge in [-0.05, 0) is 85.6 Å². The monoisotopic (exact) mass is 437 g/mol. The lowest BCUT2D eigenvalue weighted by Gasteiger charge is -2.42. The van der Waals surface area contributed by atoms with E-state index in [2.05, 4.69) is 23.3 Å². The molecule has 2 aliphatic rings. The molecule has 1 saturated heterocycles. The minimum Gasteiger partial charge on any atom is -0.317 e. The SMILES string of the molecule is CCc1cc(-c2ccc(C#N)cn2)cc(C)c1C1C(=O)CC2(CCNCC2)CC1=O.Cl. The highest BCUT2D eigenvalue weighted by molar-refractivity contribution is 6.10. The van der Waals surface area contributed by atoms with Crippen LogP contribution in [0.1, 0.15) is 60.8 Å². The molecule has 1 N–H and O–H groups in total. The smallest absolute Gasteiger partial charge is 0.148 e. The zero-order valence-corrected chi connectivity index (χ0v) is 18.8. The van der Waals surface area contributed by atoms with E-state index in [0.717, 1.165) is 60.3 Å². The number of nitrogens with zero attached hydrogens (tertiary/aromatic N) is 2. The molecule has 31 heavy (non-hydrogen) atoms. The van der Waals surface area contributed by atoms with E-state index in [1.54, 1.807) is 12.3 Å². The van der Waals surface area contributed by atoms with E-state index in [0.29, 0.717) is 18.4 Å². The van der Waals surface area contributed by atoms with Crippen molar-refractivity contribution >= 4 is 24.0 Å². The predicted molar refractivity (Wildman–Crippen MR) is 122 cm³/mol. The highest BCUT2D eigenvalue weighted by Gasteiger charge is 2.46. The van der Waals surface area contributed by atoms with Gasteiger partial charge in [0, 0.05) is 24.6 Å². The van der Waals surface area contributed by atoms with E-state index in [4.69, 9.17) is 5.26 Å². The van der Waals surface area contributed by atoms with Gasteiger partial charge in [-0.2, -0.15) is 5.26 Å². The van der Waals surface area contributed by atoms with E-state index in [1.807, 2.05) is 25.1 Å². The summed E-state index contributed by atoms with van der Waals surface area (Å²) in [5.74, 6) is -0.478. The third-order valence-electron chi connectivity index (χ3n) is 6.74. The molecule has 2 heterocycles. The number of hydrogen-bond donors (Lipinski definition) is 1. The molecule has 2 aromatic rings. The molecule has 1 aliphatic carbocycles. The van der Waals surface area contributed by atoms with Crippen molar-refractivity contribution in [1.82, 2.24) is 10.3 Å². The molecule has 2 fully saturated rings. The first-order valence-corrected chi connectivity index (χ1v) is 10.7. The van der Waals surface area contributed by atoms with Crippen molar-refractivity contribution in [3.63, 3.8) is 0 Å². The van der Waals surface area contributed by atoms with Crippen molar-refractivity contribution in [3.05, 3.63) is 52.7 Å². The maximum absolute atomic E-state index is 13.2. The lowest BCUT2D eigenvalue weighted by Crippen LogP contribution is -2.45. The lowest BCUT2D eigenvalue weighted by molar-refractivity contribution is -0.137. The molecule has 1 saturated carbocycles. The van der Waals surface area contributed by atoms with Gasteiger partial charge in [0.2, 0.25) is 0 Å². The van der Waals surface area contributed by atoms with Crippen LogP contribution in [0.3, 0.4) is 0 Å². The Balaban J connectivity index is 0.00000272. The van der Waals surface area contributed by atoms with Crippen LogP contribution in [0.4, 0.5) is 0 Å². The number of piperidine rings is 1. The summed E-state index contributed by atoms with van der Waals surface area (Å²) < 4.78 is 0. The Hall–Kier alpha value is -2.55. The summed E-state index contributed by atoms with van der Waals surface area (Å²) in [5.41, 5.74) is 5.01. The molecule has 1 aliphatic heterocycles. The number of ketones is 2. The first kappa shape index (κ1) is 23.1. The fraction of sp³-hybridized carbons (Fsp3) is 0.440. The normalized spacial score (nSPS) is 18.5. The van der Waals surface area contributed by atoms with Gasteiger partial charge in [-0.25, -0.2) is 0 Å². The van der Waals surface area contributed by atoms with Crippen LogP contribution in [0, 0.1) is 23.7 Å². The number of rotatable bonds is 3. The third-order valence-corrected chi connectivity index (χ3v) is 6.74. The summed E-state index contributed by atoms with van der Waals surface area (Å²) in [5, 5.41) is 12.3. The molecule has 0 unspecified atom stereocenters. The number of carbonyl (C=O) groups is 2. The number of nitriles is 1. The molecule has 1 aromatic heterocycles. The summed E-state index contributed by atoms with van der Waals surface area (Å²) in [7, 11) is 0. The fourth-order valence-electron chi connectivity index (χ4n) is 5.17. The number of nitrogens with one attached hydrogen (secondary N) is 1. The van der Waals surface area contributed by atoms with Gasteiger partial charge in [0.15, 0.2) is 0 Å². The number of Topliss-reactive ketones (excluding diaryl/α,β-unsaturated/α-hetero) is 2. The van der Waals surface area contributed by atoms with Crippen LogP contribution >= 0.6 is 12.4 Å². The summed E-state index contributed by atoms with van der Waals surface area (Å²) >= 11 is 0. The first-order valence-electron chi connectivity index (χ1n) is 10.7. The van der Waals surface area contributed by atoms with Crippen molar-refractivity contribution in [2.24, 2.45) is 5.41 Å². The van der Waals surface area contributed by atoms with Crippen LogP contribution in [0.15, 0.2) is 30.5 Å². The van der Waals surface area contributed by atoms with E-state index >= 15 is 0 Å². The van der Waals surface area contributed by atoms with Crippen LogP contribution in [0.25, 0.3) is 11.3 Å². The lowest BCUT2D eigenvalue weighted by atomic mass is 9.63. The Morgan fingerprint density at radius 1 is 1.16 bits per heavy atom. The maximum atomic E-state index is 13.2. The van der Waals surface area contributed by atoms with Gasteiger partial charge in [0.05, 0.1) is 11.3 Å². The van der Waals surface area contributed by atoms with Crippen molar-refractivity contribution in [2.75, 3.05) is 13.1 Å². The van der Waals surface area contributed by atoms with Crippen LogP contribution in [0.5, 0.6) is 0 Å². The van der Waals surface area contributed by atoms with Gasteiger partial charge in [-0.15, -0.1) is 12.4 Å². The van der Waals surface area contributed by atoms with Crippen LogP contribution in [-0.2, 0) is 16.0 Å². The number of aromatic nitrogens is 1. The number of halogens is 1. The molecule has 1 aromatic carbocycles. The molecule has 1 spiro atoms. The van der Waals surface area contributed by atoms with E-state index in [-0.39, 0.29) is 29.4 Å². The quantitative estimate of drug-likeness (QED) is 0.724. The minimum absolute atomic E-state index is 0. The molecular weight excluding hydrogens is 410 g/mol. The van der Waals surface area contributed by atoms with E-state index in [9.17, 15) is 9.59 Å². The zero-order chi connectivity index (χ0) is 21.3. The number of hydrogen-bond acceptors (Lipinski definition) is 5. The Labute approximate surface area is 189 Å². The van der Waals surface area contributed by atoms with E-state index in [1.165, 1.54) is 0 Å². The van der Waals surface area contributed by atoms with Gasteiger partial charge in [-0.1, -0.05) is 6.92 Å². The zero-order valence-electron chi connectivity index (χ0n) is 18.0. The number of carbonyl (C=O) groups excluding carboxylic acids is 2. The highest BCUT2D eigenvalue weighted by Crippen LogP contribution is 2.46. The van der Waals surface area contributed by atoms with Gasteiger partial charge in [0.25, 0.3) is 0 Å². The second-order valence-corrected chi connectivity index (χ2v) is 8.73. The molecule has 0 atom stereocenters.